The number of guanidine groups is 1. The number of morpholine rings is 1. The van der Waals surface area contributed by atoms with Gasteiger partial charge in [0.15, 0.2) is 5.96 Å². The van der Waals surface area contributed by atoms with Crippen LogP contribution in [-0.4, -0.2) is 45.4 Å². The highest BCUT2D eigenvalue weighted by atomic mass is 127. The molecule has 1 aliphatic rings. The van der Waals surface area contributed by atoms with Gasteiger partial charge in [0, 0.05) is 38.4 Å². The van der Waals surface area contributed by atoms with E-state index in [4.69, 9.17) is 4.74 Å². The van der Waals surface area contributed by atoms with Gasteiger partial charge in [-0.1, -0.05) is 25.1 Å². The Kier molecular flexibility index (Phi) is 9.31. The van der Waals surface area contributed by atoms with E-state index in [-0.39, 0.29) is 24.0 Å². The van der Waals surface area contributed by atoms with E-state index in [1.54, 1.807) is 0 Å². The van der Waals surface area contributed by atoms with Crippen LogP contribution in [0.25, 0.3) is 0 Å². The molecule has 1 unspecified atom stereocenters. The van der Waals surface area contributed by atoms with E-state index < -0.39 is 0 Å². The van der Waals surface area contributed by atoms with Gasteiger partial charge in [0.2, 0.25) is 0 Å². The second-order valence-electron chi connectivity index (χ2n) is 5.61. The fraction of sp³-hybridized carbons (Fsp3) is 0.588. The minimum absolute atomic E-state index is 0. The van der Waals surface area contributed by atoms with Gasteiger partial charge < -0.3 is 20.3 Å². The third-order valence-corrected chi connectivity index (χ3v) is 4.01. The maximum absolute atomic E-state index is 5.45. The topological polar surface area (TPSA) is 48.9 Å². The first kappa shape index (κ1) is 20.0. The van der Waals surface area contributed by atoms with E-state index in [1.807, 2.05) is 7.05 Å². The zero-order valence-electron chi connectivity index (χ0n) is 14.3. The number of anilines is 1. The predicted octanol–water partition coefficient (Wildman–Crippen LogP) is 2.60. The molecule has 0 aliphatic carbocycles. The molecule has 2 rings (SSSR count). The van der Waals surface area contributed by atoms with Gasteiger partial charge >= 0.3 is 0 Å². The zero-order chi connectivity index (χ0) is 15.8. The summed E-state index contributed by atoms with van der Waals surface area (Å²) in [6.07, 6.45) is 1.07. The zero-order valence-corrected chi connectivity index (χ0v) is 16.7. The molecule has 1 aromatic rings. The van der Waals surface area contributed by atoms with Gasteiger partial charge in [-0.15, -0.1) is 24.0 Å². The van der Waals surface area contributed by atoms with Crippen LogP contribution >= 0.6 is 24.0 Å². The van der Waals surface area contributed by atoms with Crippen LogP contribution in [0.1, 0.15) is 25.8 Å². The van der Waals surface area contributed by atoms with Gasteiger partial charge in [-0.25, -0.2) is 0 Å². The first-order valence-electron chi connectivity index (χ1n) is 8.12. The average Bonchev–Trinajstić information content (AvgIpc) is 2.59. The molecule has 2 N–H and O–H groups in total. The Balaban J connectivity index is 0.00000264. The molecule has 0 radical (unpaired) electrons. The van der Waals surface area contributed by atoms with E-state index in [9.17, 15) is 0 Å². The molecule has 130 valence electrons. The number of hydrogen-bond donors (Lipinski definition) is 2. The number of ether oxygens (including phenoxy) is 1. The van der Waals surface area contributed by atoms with Crippen LogP contribution < -0.4 is 15.5 Å². The summed E-state index contributed by atoms with van der Waals surface area (Å²) in [5.74, 6) is 0.853. The quantitative estimate of drug-likeness (QED) is 0.427. The number of halogens is 1. The molecule has 1 aliphatic heterocycles. The maximum Gasteiger partial charge on any atom is 0.191 e. The third-order valence-electron chi connectivity index (χ3n) is 4.01. The van der Waals surface area contributed by atoms with Gasteiger partial charge in [0.25, 0.3) is 0 Å². The SMILES string of the molecule is CCC(C)NC(=NC)NCc1ccccc1N1CCOCC1.I. The lowest BCUT2D eigenvalue weighted by Crippen LogP contribution is -2.42. The van der Waals surface area contributed by atoms with Crippen LogP contribution in [-0.2, 0) is 11.3 Å². The molecule has 0 aromatic heterocycles. The van der Waals surface area contributed by atoms with Crippen molar-refractivity contribution in [2.45, 2.75) is 32.9 Å². The van der Waals surface area contributed by atoms with Crippen molar-refractivity contribution in [3.05, 3.63) is 29.8 Å². The van der Waals surface area contributed by atoms with Gasteiger partial charge in [-0.2, -0.15) is 0 Å². The molecule has 23 heavy (non-hydrogen) atoms. The fourth-order valence-corrected chi connectivity index (χ4v) is 2.48. The molecule has 1 saturated heterocycles. The molecule has 5 nitrogen and oxygen atoms in total. The van der Waals surface area contributed by atoms with Crippen molar-refractivity contribution >= 4 is 35.6 Å². The number of hydrogen-bond acceptors (Lipinski definition) is 3. The summed E-state index contributed by atoms with van der Waals surface area (Å²) in [6, 6.07) is 8.97. The summed E-state index contributed by atoms with van der Waals surface area (Å²) < 4.78 is 5.45. The summed E-state index contributed by atoms with van der Waals surface area (Å²) >= 11 is 0. The minimum atomic E-state index is 0. The van der Waals surface area contributed by atoms with Crippen molar-refractivity contribution in [1.82, 2.24) is 10.6 Å². The monoisotopic (exact) mass is 432 g/mol. The summed E-state index contributed by atoms with van der Waals surface area (Å²) in [7, 11) is 1.81. The highest BCUT2D eigenvalue weighted by molar-refractivity contribution is 14.0. The number of para-hydroxylation sites is 1. The molecule has 0 bridgehead atoms. The van der Waals surface area contributed by atoms with Crippen LogP contribution in [0, 0.1) is 0 Å². The first-order valence-corrected chi connectivity index (χ1v) is 8.12. The van der Waals surface area contributed by atoms with Crippen molar-refractivity contribution in [3.63, 3.8) is 0 Å². The van der Waals surface area contributed by atoms with Gasteiger partial charge in [0.05, 0.1) is 13.2 Å². The summed E-state index contributed by atoms with van der Waals surface area (Å²) in [5.41, 5.74) is 2.58. The van der Waals surface area contributed by atoms with Gasteiger partial charge in [0.1, 0.15) is 0 Å². The van der Waals surface area contributed by atoms with Crippen LogP contribution in [0.5, 0.6) is 0 Å². The smallest absolute Gasteiger partial charge is 0.191 e. The second-order valence-corrected chi connectivity index (χ2v) is 5.61. The lowest BCUT2D eigenvalue weighted by molar-refractivity contribution is 0.122. The average molecular weight is 432 g/mol. The lowest BCUT2D eigenvalue weighted by atomic mass is 10.1. The number of aliphatic imine (C=N–C) groups is 1. The van der Waals surface area contributed by atoms with Crippen LogP contribution in [0.4, 0.5) is 5.69 Å². The van der Waals surface area contributed by atoms with E-state index in [0.29, 0.717) is 6.04 Å². The predicted molar refractivity (Wildman–Crippen MR) is 108 cm³/mol. The molecule has 0 spiro atoms. The Hall–Kier alpha value is -1.02. The van der Waals surface area contributed by atoms with Gasteiger partial charge in [-0.05, 0) is 25.0 Å². The van der Waals surface area contributed by atoms with Crippen molar-refractivity contribution < 1.29 is 4.74 Å². The highest BCUT2D eigenvalue weighted by Crippen LogP contribution is 2.21. The van der Waals surface area contributed by atoms with Crippen LogP contribution in [0.3, 0.4) is 0 Å². The van der Waals surface area contributed by atoms with E-state index in [0.717, 1.165) is 45.2 Å². The van der Waals surface area contributed by atoms with Crippen molar-refractivity contribution in [1.29, 1.82) is 0 Å². The molecule has 6 heteroatoms. The molecule has 1 fully saturated rings. The van der Waals surface area contributed by atoms with Crippen molar-refractivity contribution in [2.24, 2.45) is 4.99 Å². The number of rotatable bonds is 5. The first-order chi connectivity index (χ1) is 10.7. The lowest BCUT2D eigenvalue weighted by Gasteiger charge is -2.30. The summed E-state index contributed by atoms with van der Waals surface area (Å²) in [5, 5.41) is 6.80. The molecular formula is C17H29IN4O. The molecule has 0 saturated carbocycles. The van der Waals surface area contributed by atoms with Gasteiger partial charge in [-0.3, -0.25) is 4.99 Å². The molecule has 1 heterocycles. The van der Waals surface area contributed by atoms with Crippen LogP contribution in [0.15, 0.2) is 29.3 Å². The largest absolute Gasteiger partial charge is 0.378 e. The third kappa shape index (κ3) is 6.18. The van der Waals surface area contributed by atoms with Crippen molar-refractivity contribution in [3.8, 4) is 0 Å². The Labute approximate surface area is 156 Å². The normalized spacial score (nSPS) is 16.5. The Morgan fingerprint density at radius 2 is 2.00 bits per heavy atom. The maximum atomic E-state index is 5.45. The standard InChI is InChI=1S/C17H28N4O.HI/c1-4-14(2)20-17(18-3)19-13-15-7-5-6-8-16(15)21-9-11-22-12-10-21;/h5-8,14H,4,9-13H2,1-3H3,(H2,18,19,20);1H. The molecule has 1 atom stereocenters. The van der Waals surface area contributed by atoms with E-state index >= 15 is 0 Å². The fourth-order valence-electron chi connectivity index (χ4n) is 2.48. The van der Waals surface area contributed by atoms with Crippen molar-refractivity contribution in [2.75, 3.05) is 38.3 Å². The van der Waals surface area contributed by atoms with Crippen LogP contribution in [0.2, 0.25) is 0 Å². The number of nitrogens with zero attached hydrogens (tertiary/aromatic N) is 2. The van der Waals surface area contributed by atoms with E-state index in [2.05, 4.69) is 58.6 Å². The molecular weight excluding hydrogens is 403 g/mol. The Morgan fingerprint density at radius 1 is 1.30 bits per heavy atom. The Morgan fingerprint density at radius 3 is 2.65 bits per heavy atom. The van der Waals surface area contributed by atoms with E-state index in [1.165, 1.54) is 11.3 Å². The number of nitrogens with one attached hydrogen (secondary N) is 2. The highest BCUT2D eigenvalue weighted by Gasteiger charge is 2.14. The number of benzene rings is 1. The second kappa shape index (κ2) is 10.7. The summed E-state index contributed by atoms with van der Waals surface area (Å²) in [4.78, 5) is 6.69. The molecule has 0 amide bonds. The Bertz CT molecular complexity index is 489. The summed E-state index contributed by atoms with van der Waals surface area (Å²) in [6.45, 7) is 8.61. The minimum Gasteiger partial charge on any atom is -0.378 e. The molecule has 1 aromatic carbocycles.